The summed E-state index contributed by atoms with van der Waals surface area (Å²) in [6, 6.07) is 19.3. The van der Waals surface area contributed by atoms with Gasteiger partial charge in [-0.15, -0.1) is 0 Å². The standard InChI is InChI=1S/C21H16ClIN2O3/c22-16-8-6-14(7-9-16)13-24-21(27)18(12-17-10-11-19(23)28-17)25-20(26)15-4-2-1-3-5-15/h1-12H,13H2,(H,24,27)(H,25,26)/b18-12-. The first-order chi connectivity index (χ1) is 13.5. The van der Waals surface area contributed by atoms with Crippen molar-refractivity contribution in [2.75, 3.05) is 0 Å². The van der Waals surface area contributed by atoms with Crippen LogP contribution in [0.2, 0.25) is 5.02 Å². The molecule has 0 spiro atoms. The van der Waals surface area contributed by atoms with Gasteiger partial charge in [0.15, 0.2) is 3.77 Å². The van der Waals surface area contributed by atoms with Gasteiger partial charge in [-0.2, -0.15) is 0 Å². The molecule has 2 aromatic carbocycles. The molecular formula is C21H16ClIN2O3. The number of furan rings is 1. The number of amides is 2. The van der Waals surface area contributed by atoms with E-state index in [9.17, 15) is 9.59 Å². The predicted molar refractivity (Wildman–Crippen MR) is 117 cm³/mol. The Hall–Kier alpha value is -2.58. The Labute approximate surface area is 180 Å². The average molecular weight is 507 g/mol. The van der Waals surface area contributed by atoms with Gasteiger partial charge in [-0.05, 0) is 64.6 Å². The fraction of sp³-hybridized carbons (Fsp3) is 0.0476. The van der Waals surface area contributed by atoms with Gasteiger partial charge in [-0.25, -0.2) is 0 Å². The number of benzene rings is 2. The van der Waals surface area contributed by atoms with E-state index in [1.165, 1.54) is 6.08 Å². The van der Waals surface area contributed by atoms with Crippen LogP contribution in [-0.4, -0.2) is 11.8 Å². The number of hydrogen-bond donors (Lipinski definition) is 2. The predicted octanol–water partition coefficient (Wildman–Crippen LogP) is 4.62. The first-order valence-electron chi connectivity index (χ1n) is 8.37. The summed E-state index contributed by atoms with van der Waals surface area (Å²) in [7, 11) is 0. The van der Waals surface area contributed by atoms with E-state index in [4.69, 9.17) is 16.0 Å². The summed E-state index contributed by atoms with van der Waals surface area (Å²) in [6.45, 7) is 0.296. The lowest BCUT2D eigenvalue weighted by Crippen LogP contribution is -2.34. The van der Waals surface area contributed by atoms with Crippen molar-refractivity contribution in [3.05, 3.63) is 98.1 Å². The lowest BCUT2D eigenvalue weighted by molar-refractivity contribution is -0.117. The van der Waals surface area contributed by atoms with Crippen LogP contribution in [0.3, 0.4) is 0 Å². The van der Waals surface area contributed by atoms with Gasteiger partial charge in [-0.1, -0.05) is 41.9 Å². The Morgan fingerprint density at radius 3 is 2.36 bits per heavy atom. The summed E-state index contributed by atoms with van der Waals surface area (Å²) < 4.78 is 6.17. The van der Waals surface area contributed by atoms with Crippen molar-refractivity contribution in [3.63, 3.8) is 0 Å². The highest BCUT2D eigenvalue weighted by atomic mass is 127. The molecular weight excluding hydrogens is 491 g/mol. The zero-order valence-corrected chi connectivity index (χ0v) is 17.5. The summed E-state index contributed by atoms with van der Waals surface area (Å²) in [5.41, 5.74) is 1.43. The van der Waals surface area contributed by atoms with E-state index in [2.05, 4.69) is 10.6 Å². The van der Waals surface area contributed by atoms with Crippen LogP contribution in [0.4, 0.5) is 0 Å². The summed E-state index contributed by atoms with van der Waals surface area (Å²) in [5, 5.41) is 6.08. The molecule has 28 heavy (non-hydrogen) atoms. The number of halogens is 2. The van der Waals surface area contributed by atoms with Crippen LogP contribution in [0, 0.1) is 3.77 Å². The Balaban J connectivity index is 1.77. The van der Waals surface area contributed by atoms with Gasteiger partial charge >= 0.3 is 0 Å². The summed E-state index contributed by atoms with van der Waals surface area (Å²) in [4.78, 5) is 25.2. The maximum atomic E-state index is 12.7. The fourth-order valence-corrected chi connectivity index (χ4v) is 2.93. The molecule has 0 saturated carbocycles. The Bertz CT molecular complexity index is 998. The lowest BCUT2D eigenvalue weighted by Gasteiger charge is -2.11. The SMILES string of the molecule is O=C(NCc1ccc(Cl)cc1)/C(=C/c1ccc(I)o1)NC(=O)c1ccccc1. The minimum atomic E-state index is -0.425. The largest absolute Gasteiger partial charge is 0.451 e. The van der Waals surface area contributed by atoms with Gasteiger partial charge in [0.25, 0.3) is 11.8 Å². The summed E-state index contributed by atoms with van der Waals surface area (Å²) in [5.74, 6) is -0.338. The molecule has 1 aromatic heterocycles. The molecule has 1 heterocycles. The van der Waals surface area contributed by atoms with Crippen LogP contribution in [0.15, 0.2) is 76.8 Å². The second-order valence-electron chi connectivity index (χ2n) is 5.83. The maximum absolute atomic E-state index is 12.7. The van der Waals surface area contributed by atoms with Crippen LogP contribution < -0.4 is 10.6 Å². The monoisotopic (exact) mass is 506 g/mol. The second kappa shape index (κ2) is 9.57. The number of hydrogen-bond acceptors (Lipinski definition) is 3. The lowest BCUT2D eigenvalue weighted by atomic mass is 10.2. The van der Waals surface area contributed by atoms with Crippen molar-refractivity contribution in [3.8, 4) is 0 Å². The van der Waals surface area contributed by atoms with E-state index in [0.717, 1.165) is 5.56 Å². The molecule has 0 aliphatic carbocycles. The van der Waals surface area contributed by atoms with Crippen LogP contribution in [-0.2, 0) is 11.3 Å². The first kappa shape index (κ1) is 20.2. The molecule has 0 radical (unpaired) electrons. The molecule has 142 valence electrons. The van der Waals surface area contributed by atoms with E-state index in [1.54, 1.807) is 48.5 Å². The second-order valence-corrected chi connectivity index (χ2v) is 7.33. The molecule has 0 atom stereocenters. The normalized spacial score (nSPS) is 11.1. The van der Waals surface area contributed by atoms with Crippen LogP contribution >= 0.6 is 34.2 Å². The highest BCUT2D eigenvalue weighted by Gasteiger charge is 2.15. The molecule has 0 fully saturated rings. The minimum absolute atomic E-state index is 0.0913. The van der Waals surface area contributed by atoms with Gasteiger partial charge < -0.3 is 15.1 Å². The minimum Gasteiger partial charge on any atom is -0.451 e. The quantitative estimate of drug-likeness (QED) is 0.378. The van der Waals surface area contributed by atoms with Gasteiger partial charge in [0.05, 0.1) is 0 Å². The Morgan fingerprint density at radius 2 is 1.71 bits per heavy atom. The summed E-state index contributed by atoms with van der Waals surface area (Å²) in [6.07, 6.45) is 1.50. The van der Waals surface area contributed by atoms with Crippen LogP contribution in [0.1, 0.15) is 21.7 Å². The van der Waals surface area contributed by atoms with Gasteiger partial charge in [0.1, 0.15) is 11.5 Å². The number of carbonyl (C=O) groups is 2. The van der Waals surface area contributed by atoms with Crippen molar-refractivity contribution in [2.45, 2.75) is 6.54 Å². The zero-order chi connectivity index (χ0) is 19.9. The highest BCUT2D eigenvalue weighted by molar-refractivity contribution is 14.1. The number of carbonyl (C=O) groups excluding carboxylic acids is 2. The van der Waals surface area contributed by atoms with Crippen LogP contribution in [0.25, 0.3) is 6.08 Å². The molecule has 0 unspecified atom stereocenters. The molecule has 3 rings (SSSR count). The van der Waals surface area contributed by atoms with Crippen molar-refractivity contribution in [1.82, 2.24) is 10.6 Å². The topological polar surface area (TPSA) is 71.3 Å². The van der Waals surface area contributed by atoms with E-state index < -0.39 is 5.91 Å². The highest BCUT2D eigenvalue weighted by Crippen LogP contribution is 2.14. The summed E-state index contributed by atoms with van der Waals surface area (Å²) >= 11 is 7.91. The molecule has 2 N–H and O–H groups in total. The third-order valence-corrected chi connectivity index (χ3v) is 4.61. The third-order valence-electron chi connectivity index (χ3n) is 3.78. The van der Waals surface area contributed by atoms with Crippen molar-refractivity contribution in [1.29, 1.82) is 0 Å². The molecule has 0 aliphatic heterocycles. The number of rotatable bonds is 6. The molecule has 3 aromatic rings. The molecule has 2 amide bonds. The van der Waals surface area contributed by atoms with E-state index in [0.29, 0.717) is 26.7 Å². The average Bonchev–Trinajstić information content (AvgIpc) is 3.12. The maximum Gasteiger partial charge on any atom is 0.268 e. The van der Waals surface area contributed by atoms with Crippen molar-refractivity contribution in [2.24, 2.45) is 0 Å². The Morgan fingerprint density at radius 1 is 1.00 bits per heavy atom. The van der Waals surface area contributed by atoms with Gasteiger partial charge in [0.2, 0.25) is 0 Å². The van der Waals surface area contributed by atoms with Crippen molar-refractivity contribution < 1.29 is 14.0 Å². The molecule has 0 bridgehead atoms. The Kier molecular flexibility index (Phi) is 6.89. The van der Waals surface area contributed by atoms with Crippen molar-refractivity contribution >= 4 is 52.1 Å². The molecule has 7 heteroatoms. The molecule has 5 nitrogen and oxygen atoms in total. The zero-order valence-electron chi connectivity index (χ0n) is 14.6. The number of nitrogens with one attached hydrogen (secondary N) is 2. The molecule has 0 aliphatic rings. The van der Waals surface area contributed by atoms with Crippen LogP contribution in [0.5, 0.6) is 0 Å². The first-order valence-corrected chi connectivity index (χ1v) is 9.83. The van der Waals surface area contributed by atoms with Gasteiger partial charge in [0, 0.05) is 23.2 Å². The smallest absolute Gasteiger partial charge is 0.268 e. The van der Waals surface area contributed by atoms with E-state index >= 15 is 0 Å². The van der Waals surface area contributed by atoms with E-state index in [1.807, 2.05) is 40.8 Å². The fourth-order valence-electron chi connectivity index (χ4n) is 2.37. The molecule has 0 saturated heterocycles. The van der Waals surface area contributed by atoms with Gasteiger partial charge in [-0.3, -0.25) is 9.59 Å². The third kappa shape index (κ3) is 5.71. The van der Waals surface area contributed by atoms with E-state index in [-0.39, 0.29) is 11.6 Å².